The van der Waals surface area contributed by atoms with Crippen molar-refractivity contribution in [3.63, 3.8) is 0 Å². The number of carbonyl (C=O) groups is 3. The number of rotatable bonds is 17. The summed E-state index contributed by atoms with van der Waals surface area (Å²) in [5.41, 5.74) is 1.38. The number of benzene rings is 2. The van der Waals surface area contributed by atoms with Gasteiger partial charge in [0, 0.05) is 17.8 Å². The van der Waals surface area contributed by atoms with Crippen LogP contribution in [-0.4, -0.2) is 31.0 Å². The van der Waals surface area contributed by atoms with Crippen LogP contribution < -0.4 is 15.4 Å². The van der Waals surface area contributed by atoms with Crippen LogP contribution in [0.15, 0.2) is 48.5 Å². The Balaban J connectivity index is 1.67. The summed E-state index contributed by atoms with van der Waals surface area (Å²) in [6, 6.07) is 13.5. The number of esters is 1. The zero-order valence-electron chi connectivity index (χ0n) is 21.6. The van der Waals surface area contributed by atoms with E-state index >= 15 is 0 Å². The van der Waals surface area contributed by atoms with Crippen molar-refractivity contribution in [2.45, 2.75) is 78.1 Å². The van der Waals surface area contributed by atoms with E-state index in [4.69, 9.17) is 9.47 Å². The third-order valence-corrected chi connectivity index (χ3v) is 5.67. The normalized spacial score (nSPS) is 10.5. The molecule has 0 aliphatic carbocycles. The molecule has 196 valence electrons. The average Bonchev–Trinajstić information content (AvgIpc) is 2.88. The van der Waals surface area contributed by atoms with Crippen molar-refractivity contribution >= 4 is 29.2 Å². The average molecular weight is 497 g/mol. The van der Waals surface area contributed by atoms with E-state index in [1.165, 1.54) is 38.5 Å². The maximum absolute atomic E-state index is 12.4. The van der Waals surface area contributed by atoms with Crippen molar-refractivity contribution < 1.29 is 23.9 Å². The second-order valence-corrected chi connectivity index (χ2v) is 8.79. The minimum absolute atomic E-state index is 0.0711. The van der Waals surface area contributed by atoms with Crippen LogP contribution in [0.25, 0.3) is 0 Å². The highest BCUT2D eigenvalue weighted by atomic mass is 16.5. The quantitative estimate of drug-likeness (QED) is 0.187. The van der Waals surface area contributed by atoms with Crippen LogP contribution in [0.3, 0.4) is 0 Å². The maximum atomic E-state index is 12.4. The number of hydrogen-bond donors (Lipinski definition) is 2. The molecule has 2 aromatic rings. The zero-order chi connectivity index (χ0) is 26.0. The summed E-state index contributed by atoms with van der Waals surface area (Å²) in [6.45, 7) is 4.26. The Hall–Kier alpha value is -3.35. The van der Waals surface area contributed by atoms with E-state index in [1.807, 2.05) is 6.92 Å². The standard InChI is InChI=1S/C29H40N2O5/c1-3-5-6-7-8-9-10-11-12-16-27(32)31-25-15-13-14-23(21-25)29(34)36-22-28(33)30-24-17-19-26(20-18-24)35-4-2/h13-15,17-21H,3-12,16,22H2,1-2H3,(H,30,33)(H,31,32). The van der Waals surface area contributed by atoms with Gasteiger partial charge in [-0.2, -0.15) is 0 Å². The molecule has 0 aliphatic heterocycles. The van der Waals surface area contributed by atoms with E-state index in [-0.39, 0.29) is 11.5 Å². The van der Waals surface area contributed by atoms with Crippen LogP contribution >= 0.6 is 0 Å². The summed E-state index contributed by atoms with van der Waals surface area (Å²) < 4.78 is 10.5. The highest BCUT2D eigenvalue weighted by molar-refractivity contribution is 5.97. The molecule has 0 fully saturated rings. The fourth-order valence-electron chi connectivity index (χ4n) is 3.76. The molecule has 2 aromatic carbocycles. The number of nitrogens with one attached hydrogen (secondary N) is 2. The van der Waals surface area contributed by atoms with E-state index in [1.54, 1.807) is 48.5 Å². The van der Waals surface area contributed by atoms with E-state index in [2.05, 4.69) is 17.6 Å². The van der Waals surface area contributed by atoms with Crippen molar-refractivity contribution in [2.24, 2.45) is 0 Å². The minimum atomic E-state index is -0.633. The van der Waals surface area contributed by atoms with Crippen LogP contribution in [0, 0.1) is 0 Å². The summed E-state index contributed by atoms with van der Waals surface area (Å²) in [5.74, 6) is -0.440. The van der Waals surface area contributed by atoms with Crippen LogP contribution in [0.4, 0.5) is 11.4 Å². The molecule has 7 heteroatoms. The number of unbranched alkanes of at least 4 members (excludes halogenated alkanes) is 8. The first kappa shape index (κ1) is 28.9. The Kier molecular flexibility index (Phi) is 13.8. The molecule has 2 N–H and O–H groups in total. The van der Waals surface area contributed by atoms with Crippen LogP contribution in [0.5, 0.6) is 5.75 Å². The molecule has 0 aromatic heterocycles. The lowest BCUT2D eigenvalue weighted by molar-refractivity contribution is -0.119. The van der Waals surface area contributed by atoms with E-state index in [0.717, 1.165) is 19.3 Å². The second-order valence-electron chi connectivity index (χ2n) is 8.79. The number of anilines is 2. The summed E-state index contributed by atoms with van der Waals surface area (Å²) in [5, 5.41) is 5.51. The lowest BCUT2D eigenvalue weighted by Gasteiger charge is -2.09. The molecule has 7 nitrogen and oxygen atoms in total. The molecule has 0 radical (unpaired) electrons. The minimum Gasteiger partial charge on any atom is -0.494 e. The first-order valence-electron chi connectivity index (χ1n) is 13.1. The van der Waals surface area contributed by atoms with Gasteiger partial charge < -0.3 is 20.1 Å². The van der Waals surface area contributed by atoms with Gasteiger partial charge in [-0.25, -0.2) is 4.79 Å². The van der Waals surface area contributed by atoms with Gasteiger partial charge in [0.25, 0.3) is 5.91 Å². The van der Waals surface area contributed by atoms with Gasteiger partial charge in [-0.3, -0.25) is 9.59 Å². The Morgan fingerprint density at radius 2 is 1.36 bits per heavy atom. The molecule has 36 heavy (non-hydrogen) atoms. The van der Waals surface area contributed by atoms with Gasteiger partial charge >= 0.3 is 5.97 Å². The van der Waals surface area contributed by atoms with Gasteiger partial charge in [-0.15, -0.1) is 0 Å². The molecule has 2 amide bonds. The number of ether oxygens (including phenoxy) is 2. The third-order valence-electron chi connectivity index (χ3n) is 5.67. The largest absolute Gasteiger partial charge is 0.494 e. The van der Waals surface area contributed by atoms with E-state index < -0.39 is 18.5 Å². The predicted molar refractivity (Wildman–Crippen MR) is 143 cm³/mol. The van der Waals surface area contributed by atoms with Gasteiger partial charge in [0.1, 0.15) is 5.75 Å². The molecule has 0 saturated carbocycles. The van der Waals surface area contributed by atoms with Crippen molar-refractivity contribution in [1.29, 1.82) is 0 Å². The molecule has 0 atom stereocenters. The van der Waals surface area contributed by atoms with Crippen LogP contribution in [-0.2, 0) is 14.3 Å². The topological polar surface area (TPSA) is 93.7 Å². The van der Waals surface area contributed by atoms with E-state index in [9.17, 15) is 14.4 Å². The number of carbonyl (C=O) groups excluding carboxylic acids is 3. The van der Waals surface area contributed by atoms with Gasteiger partial charge in [0.2, 0.25) is 5.91 Å². The Bertz CT molecular complexity index is 943. The summed E-state index contributed by atoms with van der Waals surface area (Å²) in [7, 11) is 0. The molecule has 0 bridgehead atoms. The predicted octanol–water partition coefficient (Wildman–Crippen LogP) is 6.74. The highest BCUT2D eigenvalue weighted by Gasteiger charge is 2.12. The Morgan fingerprint density at radius 3 is 2.03 bits per heavy atom. The molecule has 2 rings (SSSR count). The highest BCUT2D eigenvalue weighted by Crippen LogP contribution is 2.16. The van der Waals surface area contributed by atoms with Gasteiger partial charge in [-0.05, 0) is 55.8 Å². The second kappa shape index (κ2) is 17.1. The number of amides is 2. The lowest BCUT2D eigenvalue weighted by atomic mass is 10.1. The summed E-state index contributed by atoms with van der Waals surface area (Å²) in [6.07, 6.45) is 11.2. The van der Waals surface area contributed by atoms with Gasteiger partial charge in [-0.1, -0.05) is 64.4 Å². The molecule has 0 spiro atoms. The molecule has 0 heterocycles. The fourth-order valence-corrected chi connectivity index (χ4v) is 3.76. The summed E-state index contributed by atoms with van der Waals surface area (Å²) >= 11 is 0. The van der Waals surface area contributed by atoms with Crippen LogP contribution in [0.1, 0.15) is 88.4 Å². The monoisotopic (exact) mass is 496 g/mol. The molecular formula is C29H40N2O5. The molecule has 0 saturated heterocycles. The molecule has 0 aliphatic rings. The van der Waals surface area contributed by atoms with Gasteiger partial charge in [0.05, 0.1) is 12.2 Å². The van der Waals surface area contributed by atoms with Crippen molar-refractivity contribution in [3.05, 3.63) is 54.1 Å². The smallest absolute Gasteiger partial charge is 0.338 e. The zero-order valence-corrected chi connectivity index (χ0v) is 21.6. The van der Waals surface area contributed by atoms with Crippen molar-refractivity contribution in [1.82, 2.24) is 0 Å². The lowest BCUT2D eigenvalue weighted by Crippen LogP contribution is -2.21. The first-order chi connectivity index (χ1) is 17.5. The SMILES string of the molecule is CCCCCCCCCCCC(=O)Nc1cccc(C(=O)OCC(=O)Nc2ccc(OCC)cc2)c1. The van der Waals surface area contributed by atoms with Gasteiger partial charge in [0.15, 0.2) is 6.61 Å². The van der Waals surface area contributed by atoms with Crippen molar-refractivity contribution in [2.75, 3.05) is 23.8 Å². The first-order valence-corrected chi connectivity index (χ1v) is 13.1. The Labute approximate surface area is 215 Å². The van der Waals surface area contributed by atoms with E-state index in [0.29, 0.717) is 30.2 Å². The molecule has 0 unspecified atom stereocenters. The summed E-state index contributed by atoms with van der Waals surface area (Å²) in [4.78, 5) is 36.8. The van der Waals surface area contributed by atoms with Crippen LogP contribution in [0.2, 0.25) is 0 Å². The Morgan fingerprint density at radius 1 is 0.722 bits per heavy atom. The maximum Gasteiger partial charge on any atom is 0.338 e. The molecular weight excluding hydrogens is 456 g/mol. The number of hydrogen-bond acceptors (Lipinski definition) is 5. The third kappa shape index (κ3) is 11.9. The fraction of sp³-hybridized carbons (Fsp3) is 0.483. The van der Waals surface area contributed by atoms with Crippen molar-refractivity contribution in [3.8, 4) is 5.75 Å².